The number of rotatable bonds is 10. The third kappa shape index (κ3) is 6.93. The fraction of sp³-hybridized carbons (Fsp3) is 0.647. The summed E-state index contributed by atoms with van der Waals surface area (Å²) in [5.41, 5.74) is 0.867. The van der Waals surface area contributed by atoms with Gasteiger partial charge in [0.1, 0.15) is 5.75 Å². The Morgan fingerprint density at radius 1 is 1.33 bits per heavy atom. The molecular weight excluding hydrogens is 266 g/mol. The smallest absolute Gasteiger partial charge is 0.119 e. The average Bonchev–Trinajstić information content (AvgIpc) is 2.44. The van der Waals surface area contributed by atoms with Gasteiger partial charge in [0.2, 0.25) is 0 Å². The number of ether oxygens (including phenoxy) is 2. The first kappa shape index (κ1) is 18.0. The van der Waals surface area contributed by atoms with Gasteiger partial charge in [-0.2, -0.15) is 0 Å². The Balaban J connectivity index is 2.37. The van der Waals surface area contributed by atoms with E-state index in [1.165, 1.54) is 0 Å². The fourth-order valence-corrected chi connectivity index (χ4v) is 2.44. The molecule has 0 saturated carbocycles. The van der Waals surface area contributed by atoms with Gasteiger partial charge in [-0.1, -0.05) is 26.0 Å². The molecule has 21 heavy (non-hydrogen) atoms. The summed E-state index contributed by atoms with van der Waals surface area (Å²) in [7, 11) is 1.69. The second-order valence-electron chi connectivity index (χ2n) is 6.05. The summed E-state index contributed by atoms with van der Waals surface area (Å²) < 4.78 is 10.9. The first-order valence-corrected chi connectivity index (χ1v) is 7.58. The lowest BCUT2D eigenvalue weighted by molar-refractivity contribution is 0.147. The van der Waals surface area contributed by atoms with Crippen LogP contribution in [0.15, 0.2) is 24.3 Å². The van der Waals surface area contributed by atoms with E-state index in [2.05, 4.69) is 19.2 Å². The van der Waals surface area contributed by atoms with Crippen molar-refractivity contribution in [3.05, 3.63) is 29.8 Å². The number of aliphatic hydroxyl groups excluding tert-OH is 1. The van der Waals surface area contributed by atoms with Crippen LogP contribution in [0.4, 0.5) is 0 Å². The van der Waals surface area contributed by atoms with Crippen molar-refractivity contribution in [2.24, 2.45) is 0 Å². The van der Waals surface area contributed by atoms with E-state index in [-0.39, 0.29) is 12.1 Å². The van der Waals surface area contributed by atoms with Crippen LogP contribution in [0.1, 0.15) is 39.2 Å². The molecule has 1 aromatic rings. The molecule has 0 radical (unpaired) electrons. The van der Waals surface area contributed by atoms with Gasteiger partial charge >= 0.3 is 0 Å². The van der Waals surface area contributed by atoms with Gasteiger partial charge in [-0.25, -0.2) is 0 Å². The largest absolute Gasteiger partial charge is 0.494 e. The zero-order valence-corrected chi connectivity index (χ0v) is 13.7. The molecule has 0 fully saturated rings. The van der Waals surface area contributed by atoms with Crippen LogP contribution in [0.25, 0.3) is 0 Å². The maximum absolute atomic E-state index is 9.53. The Morgan fingerprint density at radius 3 is 2.71 bits per heavy atom. The van der Waals surface area contributed by atoms with Crippen LogP contribution in [0.2, 0.25) is 0 Å². The summed E-state index contributed by atoms with van der Waals surface area (Å²) in [6.45, 7) is 7.60. The van der Waals surface area contributed by atoms with E-state index >= 15 is 0 Å². The van der Waals surface area contributed by atoms with Gasteiger partial charge in [0, 0.05) is 18.7 Å². The van der Waals surface area contributed by atoms with Crippen molar-refractivity contribution in [3.63, 3.8) is 0 Å². The quantitative estimate of drug-likeness (QED) is 0.652. The summed E-state index contributed by atoms with van der Waals surface area (Å²) >= 11 is 0. The molecule has 120 valence electrons. The van der Waals surface area contributed by atoms with Crippen LogP contribution in [-0.4, -0.2) is 37.0 Å². The number of hydrogen-bond acceptors (Lipinski definition) is 4. The lowest BCUT2D eigenvalue weighted by Crippen LogP contribution is -2.49. The zero-order valence-electron chi connectivity index (χ0n) is 13.7. The average molecular weight is 295 g/mol. The van der Waals surface area contributed by atoms with Crippen LogP contribution in [0.3, 0.4) is 0 Å². The summed E-state index contributed by atoms with van der Waals surface area (Å²) in [5.74, 6) is 0.868. The molecule has 0 aromatic heterocycles. The molecule has 0 bridgehead atoms. The summed E-state index contributed by atoms with van der Waals surface area (Å²) in [6, 6.07) is 8.31. The molecule has 0 spiro atoms. The van der Waals surface area contributed by atoms with E-state index in [0.717, 1.165) is 24.2 Å². The zero-order chi connectivity index (χ0) is 15.7. The minimum atomic E-state index is -0.241. The van der Waals surface area contributed by atoms with Gasteiger partial charge in [0.25, 0.3) is 0 Å². The monoisotopic (exact) mass is 295 g/mol. The molecule has 0 heterocycles. The van der Waals surface area contributed by atoms with Crippen LogP contribution in [0.5, 0.6) is 5.75 Å². The highest BCUT2D eigenvalue weighted by molar-refractivity contribution is 5.28. The van der Waals surface area contributed by atoms with Crippen molar-refractivity contribution in [2.75, 3.05) is 20.3 Å². The van der Waals surface area contributed by atoms with Crippen LogP contribution < -0.4 is 10.1 Å². The third-order valence-electron chi connectivity index (χ3n) is 3.34. The minimum Gasteiger partial charge on any atom is -0.494 e. The molecule has 0 aliphatic carbocycles. The van der Waals surface area contributed by atoms with Gasteiger partial charge in [-0.05, 0) is 37.5 Å². The summed E-state index contributed by atoms with van der Waals surface area (Å²) in [5, 5.41) is 12.9. The standard InChI is InChI=1S/C17H29NO3/c1-14(2)18-17(3,13-19)9-6-10-21-16-8-5-7-15(11-16)12-20-4/h5,7-8,11,14,18-19H,6,9-10,12-13H2,1-4H3. The highest BCUT2D eigenvalue weighted by Gasteiger charge is 2.23. The van der Waals surface area contributed by atoms with Crippen molar-refractivity contribution in [1.29, 1.82) is 0 Å². The van der Waals surface area contributed by atoms with Crippen LogP contribution in [-0.2, 0) is 11.3 Å². The first-order chi connectivity index (χ1) is 9.99. The molecule has 0 saturated heterocycles. The maximum Gasteiger partial charge on any atom is 0.119 e. The van der Waals surface area contributed by atoms with Crippen molar-refractivity contribution < 1.29 is 14.6 Å². The fourth-order valence-electron chi connectivity index (χ4n) is 2.44. The van der Waals surface area contributed by atoms with E-state index in [0.29, 0.717) is 19.3 Å². The first-order valence-electron chi connectivity index (χ1n) is 7.58. The van der Waals surface area contributed by atoms with E-state index < -0.39 is 0 Å². The Morgan fingerprint density at radius 2 is 2.10 bits per heavy atom. The Kier molecular flexibility index (Phi) is 7.72. The molecule has 0 aliphatic heterocycles. The number of hydrogen-bond donors (Lipinski definition) is 2. The molecule has 1 atom stereocenters. The molecule has 1 aromatic carbocycles. The lowest BCUT2D eigenvalue weighted by Gasteiger charge is -2.31. The minimum absolute atomic E-state index is 0.133. The second-order valence-corrected chi connectivity index (χ2v) is 6.05. The van der Waals surface area contributed by atoms with Crippen molar-refractivity contribution in [3.8, 4) is 5.75 Å². The van der Waals surface area contributed by atoms with Gasteiger partial charge in [0.15, 0.2) is 0 Å². The Hall–Kier alpha value is -1.10. The highest BCUT2D eigenvalue weighted by atomic mass is 16.5. The van der Waals surface area contributed by atoms with Crippen molar-refractivity contribution in [1.82, 2.24) is 5.32 Å². The molecule has 0 amide bonds. The lowest BCUT2D eigenvalue weighted by atomic mass is 9.96. The predicted molar refractivity (Wildman–Crippen MR) is 85.6 cm³/mol. The van der Waals surface area contributed by atoms with Gasteiger partial charge in [0.05, 0.1) is 19.8 Å². The topological polar surface area (TPSA) is 50.7 Å². The van der Waals surface area contributed by atoms with Gasteiger partial charge in [-0.3, -0.25) is 0 Å². The Labute approximate surface area is 128 Å². The molecule has 0 aliphatic rings. The van der Waals surface area contributed by atoms with Crippen molar-refractivity contribution in [2.45, 2.75) is 51.8 Å². The summed E-state index contributed by atoms with van der Waals surface area (Å²) in [4.78, 5) is 0. The second kappa shape index (κ2) is 9.03. The molecule has 4 heteroatoms. The maximum atomic E-state index is 9.53. The highest BCUT2D eigenvalue weighted by Crippen LogP contribution is 2.16. The third-order valence-corrected chi connectivity index (χ3v) is 3.34. The number of benzene rings is 1. The van der Waals surface area contributed by atoms with Gasteiger partial charge < -0.3 is 19.9 Å². The van der Waals surface area contributed by atoms with E-state index in [4.69, 9.17) is 9.47 Å². The Bertz CT molecular complexity index is 409. The number of aliphatic hydroxyl groups is 1. The van der Waals surface area contributed by atoms with Crippen LogP contribution in [0, 0.1) is 0 Å². The van der Waals surface area contributed by atoms with E-state index in [9.17, 15) is 5.11 Å². The summed E-state index contributed by atoms with van der Waals surface area (Å²) in [6.07, 6.45) is 1.77. The predicted octanol–water partition coefficient (Wildman–Crippen LogP) is 2.74. The number of methoxy groups -OCH3 is 1. The number of nitrogens with one attached hydrogen (secondary N) is 1. The van der Waals surface area contributed by atoms with Gasteiger partial charge in [-0.15, -0.1) is 0 Å². The SMILES string of the molecule is COCc1cccc(OCCCC(C)(CO)NC(C)C)c1. The van der Waals surface area contributed by atoms with E-state index in [1.807, 2.05) is 31.2 Å². The molecule has 2 N–H and O–H groups in total. The molecular formula is C17H29NO3. The molecule has 4 nitrogen and oxygen atoms in total. The van der Waals surface area contributed by atoms with E-state index in [1.54, 1.807) is 7.11 Å². The van der Waals surface area contributed by atoms with Crippen LogP contribution >= 0.6 is 0 Å². The normalized spacial score (nSPS) is 14.2. The molecule has 1 unspecified atom stereocenters. The van der Waals surface area contributed by atoms with Crippen molar-refractivity contribution >= 4 is 0 Å². The molecule has 1 rings (SSSR count).